The van der Waals surface area contributed by atoms with Crippen molar-refractivity contribution in [3.63, 3.8) is 0 Å². The van der Waals surface area contributed by atoms with Gasteiger partial charge >= 0.3 is 5.97 Å². The van der Waals surface area contributed by atoms with Crippen molar-refractivity contribution in [3.8, 4) is 6.07 Å². The van der Waals surface area contributed by atoms with Crippen LogP contribution in [0.4, 0.5) is 5.69 Å². The number of rotatable bonds is 2. The van der Waals surface area contributed by atoms with Crippen LogP contribution < -0.4 is 5.73 Å². The Balaban J connectivity index is 3.12. The van der Waals surface area contributed by atoms with Gasteiger partial charge in [0.15, 0.2) is 0 Å². The summed E-state index contributed by atoms with van der Waals surface area (Å²) in [5.74, 6) is -0.424. The molecule has 0 aliphatic rings. The lowest BCUT2D eigenvalue weighted by molar-refractivity contribution is -0.139. The van der Waals surface area contributed by atoms with Gasteiger partial charge in [-0.05, 0) is 17.7 Å². The standard InChI is InChI=1S/C10H9ClN2O2/c1-15-10(14)4-6-2-8(11)9(13)3-7(6)5-12/h2-3H,4,13H2,1H3. The molecule has 0 unspecified atom stereocenters. The second-order valence-corrected chi connectivity index (χ2v) is 3.30. The average molecular weight is 225 g/mol. The number of esters is 1. The number of methoxy groups -OCH3 is 1. The van der Waals surface area contributed by atoms with E-state index >= 15 is 0 Å². The first-order chi connectivity index (χ1) is 7.08. The van der Waals surface area contributed by atoms with Crippen LogP contribution in [0.25, 0.3) is 0 Å². The van der Waals surface area contributed by atoms with E-state index in [2.05, 4.69) is 4.74 Å². The van der Waals surface area contributed by atoms with Crippen LogP contribution in [0.15, 0.2) is 12.1 Å². The molecule has 1 rings (SSSR count). The molecular formula is C10H9ClN2O2. The Hall–Kier alpha value is -1.73. The Morgan fingerprint density at radius 3 is 2.87 bits per heavy atom. The zero-order chi connectivity index (χ0) is 11.4. The lowest BCUT2D eigenvalue weighted by atomic mass is 10.0. The number of nitriles is 1. The number of anilines is 1. The first-order valence-electron chi connectivity index (χ1n) is 4.13. The summed E-state index contributed by atoms with van der Waals surface area (Å²) >= 11 is 5.78. The van der Waals surface area contributed by atoms with Gasteiger partial charge in [0, 0.05) is 0 Å². The number of hydrogen-bond donors (Lipinski definition) is 1. The Bertz CT molecular complexity index is 438. The molecular weight excluding hydrogens is 216 g/mol. The van der Waals surface area contributed by atoms with Crippen LogP contribution in [0.2, 0.25) is 5.02 Å². The Labute approximate surface area is 92.2 Å². The minimum atomic E-state index is -0.424. The fraction of sp³-hybridized carbons (Fsp3) is 0.200. The molecule has 0 bridgehead atoms. The highest BCUT2D eigenvalue weighted by atomic mass is 35.5. The van der Waals surface area contributed by atoms with Gasteiger partial charge in [0.2, 0.25) is 0 Å². The maximum atomic E-state index is 11.0. The molecule has 0 radical (unpaired) electrons. The van der Waals surface area contributed by atoms with Crippen molar-refractivity contribution in [1.29, 1.82) is 5.26 Å². The third kappa shape index (κ3) is 2.61. The number of nitrogens with zero attached hydrogens (tertiary/aromatic N) is 1. The zero-order valence-electron chi connectivity index (χ0n) is 8.08. The van der Waals surface area contributed by atoms with Crippen molar-refractivity contribution in [2.75, 3.05) is 12.8 Å². The van der Waals surface area contributed by atoms with E-state index < -0.39 is 5.97 Å². The van der Waals surface area contributed by atoms with Crippen LogP contribution in [0.5, 0.6) is 0 Å². The molecule has 0 spiro atoms. The summed E-state index contributed by atoms with van der Waals surface area (Å²) in [6, 6.07) is 4.90. The molecule has 4 nitrogen and oxygen atoms in total. The van der Waals surface area contributed by atoms with Crippen LogP contribution >= 0.6 is 11.6 Å². The third-order valence-corrected chi connectivity index (χ3v) is 2.23. The fourth-order valence-electron chi connectivity index (χ4n) is 1.11. The van der Waals surface area contributed by atoms with E-state index in [9.17, 15) is 4.79 Å². The number of carbonyl (C=O) groups excluding carboxylic acids is 1. The first-order valence-corrected chi connectivity index (χ1v) is 4.51. The molecule has 0 atom stereocenters. The number of ether oxygens (including phenoxy) is 1. The highest BCUT2D eigenvalue weighted by Crippen LogP contribution is 2.23. The van der Waals surface area contributed by atoms with Gasteiger partial charge in [-0.15, -0.1) is 0 Å². The van der Waals surface area contributed by atoms with E-state index in [4.69, 9.17) is 22.6 Å². The largest absolute Gasteiger partial charge is 0.469 e. The minimum absolute atomic E-state index is 0.0133. The number of nitrogen functional groups attached to an aromatic ring is 1. The van der Waals surface area contributed by atoms with Crippen LogP contribution in [0, 0.1) is 11.3 Å². The van der Waals surface area contributed by atoms with Crippen LogP contribution in [0.1, 0.15) is 11.1 Å². The van der Waals surface area contributed by atoms with Crippen molar-refractivity contribution in [2.24, 2.45) is 0 Å². The lowest BCUT2D eigenvalue weighted by Gasteiger charge is -2.05. The number of hydrogen-bond acceptors (Lipinski definition) is 4. The fourth-order valence-corrected chi connectivity index (χ4v) is 1.30. The van der Waals surface area contributed by atoms with Crippen molar-refractivity contribution in [3.05, 3.63) is 28.3 Å². The summed E-state index contributed by atoms with van der Waals surface area (Å²) in [5, 5.41) is 9.15. The normalized spacial score (nSPS) is 9.40. The van der Waals surface area contributed by atoms with E-state index in [0.717, 1.165) is 0 Å². The number of nitrogens with two attached hydrogens (primary N) is 1. The van der Waals surface area contributed by atoms with Crippen molar-refractivity contribution < 1.29 is 9.53 Å². The summed E-state index contributed by atoms with van der Waals surface area (Å²) in [6.07, 6.45) is 0.0133. The molecule has 0 saturated carbocycles. The second kappa shape index (κ2) is 4.67. The summed E-state index contributed by atoms with van der Waals surface area (Å²) in [7, 11) is 1.29. The predicted molar refractivity (Wildman–Crippen MR) is 56.3 cm³/mol. The molecule has 1 aromatic carbocycles. The molecule has 2 N–H and O–H groups in total. The van der Waals surface area contributed by atoms with Crippen molar-refractivity contribution in [1.82, 2.24) is 0 Å². The molecule has 78 valence electrons. The lowest BCUT2D eigenvalue weighted by Crippen LogP contribution is -2.06. The van der Waals surface area contributed by atoms with Gasteiger partial charge in [0.25, 0.3) is 0 Å². The quantitative estimate of drug-likeness (QED) is 0.610. The summed E-state index contributed by atoms with van der Waals surface area (Å²) in [4.78, 5) is 11.0. The predicted octanol–water partition coefficient (Wildman–Crippen LogP) is 1.51. The SMILES string of the molecule is COC(=O)Cc1cc(Cl)c(N)cc1C#N. The number of carbonyl (C=O) groups is 1. The summed E-state index contributed by atoms with van der Waals surface area (Å²) in [5.41, 5.74) is 6.70. The molecule has 0 aromatic heterocycles. The van der Waals surface area contributed by atoms with Gasteiger partial charge in [0.1, 0.15) is 0 Å². The highest BCUT2D eigenvalue weighted by Gasteiger charge is 2.10. The minimum Gasteiger partial charge on any atom is -0.469 e. The Kier molecular flexibility index (Phi) is 3.53. The van der Waals surface area contributed by atoms with E-state index in [1.807, 2.05) is 6.07 Å². The van der Waals surface area contributed by atoms with E-state index in [1.54, 1.807) is 0 Å². The maximum Gasteiger partial charge on any atom is 0.310 e. The van der Waals surface area contributed by atoms with Crippen LogP contribution in [-0.4, -0.2) is 13.1 Å². The number of benzene rings is 1. The number of halogens is 1. The second-order valence-electron chi connectivity index (χ2n) is 2.90. The maximum absolute atomic E-state index is 11.0. The van der Waals surface area contributed by atoms with E-state index in [-0.39, 0.29) is 6.42 Å². The first kappa shape index (κ1) is 11.3. The summed E-state index contributed by atoms with van der Waals surface area (Å²) in [6.45, 7) is 0. The van der Waals surface area contributed by atoms with Gasteiger partial charge in [-0.1, -0.05) is 11.6 Å². The molecule has 5 heteroatoms. The third-order valence-electron chi connectivity index (χ3n) is 1.91. The monoisotopic (exact) mass is 224 g/mol. The molecule has 0 amide bonds. The summed E-state index contributed by atoms with van der Waals surface area (Å²) < 4.78 is 4.50. The molecule has 0 aliphatic carbocycles. The van der Waals surface area contributed by atoms with Gasteiger partial charge < -0.3 is 10.5 Å². The molecule has 0 aliphatic heterocycles. The van der Waals surface area contributed by atoms with Crippen molar-refractivity contribution in [2.45, 2.75) is 6.42 Å². The van der Waals surface area contributed by atoms with Gasteiger partial charge in [-0.3, -0.25) is 4.79 Å². The Morgan fingerprint density at radius 2 is 2.33 bits per heavy atom. The molecule has 0 heterocycles. The van der Waals surface area contributed by atoms with Crippen LogP contribution in [0.3, 0.4) is 0 Å². The molecule has 0 fully saturated rings. The van der Waals surface area contributed by atoms with E-state index in [0.29, 0.717) is 21.8 Å². The van der Waals surface area contributed by atoms with E-state index in [1.165, 1.54) is 19.2 Å². The average Bonchev–Trinajstić information content (AvgIpc) is 2.22. The molecule has 1 aromatic rings. The molecule has 15 heavy (non-hydrogen) atoms. The topological polar surface area (TPSA) is 76.1 Å². The smallest absolute Gasteiger partial charge is 0.310 e. The Morgan fingerprint density at radius 1 is 1.67 bits per heavy atom. The van der Waals surface area contributed by atoms with Crippen LogP contribution in [-0.2, 0) is 16.0 Å². The van der Waals surface area contributed by atoms with Gasteiger partial charge in [-0.2, -0.15) is 5.26 Å². The van der Waals surface area contributed by atoms with Crippen molar-refractivity contribution >= 4 is 23.3 Å². The highest BCUT2D eigenvalue weighted by molar-refractivity contribution is 6.33. The molecule has 0 saturated heterocycles. The van der Waals surface area contributed by atoms with Gasteiger partial charge in [0.05, 0.1) is 35.9 Å². The zero-order valence-corrected chi connectivity index (χ0v) is 8.84. The van der Waals surface area contributed by atoms with Gasteiger partial charge in [-0.25, -0.2) is 0 Å².